The average Bonchev–Trinajstić information content (AvgIpc) is 3.12. The summed E-state index contributed by atoms with van der Waals surface area (Å²) in [6.07, 6.45) is 4.07. The molecule has 1 aromatic carbocycles. The minimum absolute atomic E-state index is 0.121. The fourth-order valence-electron chi connectivity index (χ4n) is 4.46. The van der Waals surface area contributed by atoms with E-state index in [2.05, 4.69) is 9.97 Å². The van der Waals surface area contributed by atoms with Crippen LogP contribution in [0.5, 0.6) is 0 Å². The molecule has 1 spiro atoms. The molecule has 2 aliphatic heterocycles. The molecule has 1 amide bonds. The molecule has 32 heavy (non-hydrogen) atoms. The van der Waals surface area contributed by atoms with Crippen LogP contribution in [0, 0.1) is 5.82 Å². The Morgan fingerprint density at radius 3 is 2.56 bits per heavy atom. The molecule has 7 nitrogen and oxygen atoms in total. The van der Waals surface area contributed by atoms with Crippen molar-refractivity contribution in [3.05, 3.63) is 71.0 Å². The number of para-hydroxylation sites is 1. The van der Waals surface area contributed by atoms with Crippen molar-refractivity contribution in [2.45, 2.75) is 17.7 Å². The fourth-order valence-corrected chi connectivity index (χ4v) is 5.79. The summed E-state index contributed by atoms with van der Waals surface area (Å²) in [6.45, 7) is 1.26. The number of piperidine rings is 1. The van der Waals surface area contributed by atoms with Crippen LogP contribution in [0.1, 0.15) is 12.8 Å². The first-order valence-corrected chi connectivity index (χ1v) is 11.4. The van der Waals surface area contributed by atoms with Crippen LogP contribution in [0.4, 0.5) is 16.0 Å². The highest BCUT2D eigenvalue weighted by Crippen LogP contribution is 2.47. The number of anilines is 2. The van der Waals surface area contributed by atoms with Gasteiger partial charge in [-0.25, -0.2) is 9.37 Å². The topological polar surface area (TPSA) is 71.3 Å². The van der Waals surface area contributed by atoms with Gasteiger partial charge in [-0.2, -0.15) is 0 Å². The number of nitrogens with zero attached hydrogens (tertiary/aromatic N) is 5. The average molecular weight is 452 g/mol. The summed E-state index contributed by atoms with van der Waals surface area (Å²) in [6, 6.07) is 12.6. The van der Waals surface area contributed by atoms with Crippen LogP contribution < -0.4 is 15.4 Å². The van der Waals surface area contributed by atoms with Crippen molar-refractivity contribution in [3.8, 4) is 11.3 Å². The Labute approximate surface area is 188 Å². The maximum atomic E-state index is 14.3. The minimum Gasteiger partial charge on any atom is -0.342 e. The third kappa shape index (κ3) is 3.46. The smallest absolute Gasteiger partial charge is 0.255 e. The van der Waals surface area contributed by atoms with Gasteiger partial charge in [0, 0.05) is 43.7 Å². The van der Waals surface area contributed by atoms with Gasteiger partial charge in [0.25, 0.3) is 5.56 Å². The fraction of sp³-hybridized carbons (Fsp3) is 0.304. The van der Waals surface area contributed by atoms with E-state index in [0.29, 0.717) is 30.5 Å². The molecule has 0 atom stereocenters. The van der Waals surface area contributed by atoms with E-state index in [0.717, 1.165) is 24.7 Å². The highest BCUT2D eigenvalue weighted by Gasteiger charge is 2.48. The number of thioether (sulfide) groups is 1. The van der Waals surface area contributed by atoms with Crippen LogP contribution in [0.2, 0.25) is 0 Å². The maximum absolute atomic E-state index is 14.3. The number of carbonyl (C=O) groups is 1. The summed E-state index contributed by atoms with van der Waals surface area (Å²) in [5.74, 6) is 0.563. The molecule has 4 heterocycles. The van der Waals surface area contributed by atoms with Gasteiger partial charge in [0.2, 0.25) is 11.9 Å². The predicted molar refractivity (Wildman–Crippen MR) is 123 cm³/mol. The Kier molecular flexibility index (Phi) is 5.21. The Hall–Kier alpha value is -3.20. The highest BCUT2D eigenvalue weighted by atomic mass is 32.2. The van der Waals surface area contributed by atoms with E-state index in [4.69, 9.17) is 0 Å². The van der Waals surface area contributed by atoms with Gasteiger partial charge in [-0.05, 0) is 31.0 Å². The van der Waals surface area contributed by atoms with Crippen molar-refractivity contribution in [3.63, 3.8) is 0 Å². The normalized spacial score (nSPS) is 17.9. The molecular weight excluding hydrogens is 429 g/mol. The number of halogens is 1. The first-order chi connectivity index (χ1) is 15.5. The Morgan fingerprint density at radius 1 is 1.09 bits per heavy atom. The zero-order valence-electron chi connectivity index (χ0n) is 17.6. The van der Waals surface area contributed by atoms with E-state index in [1.165, 1.54) is 22.9 Å². The summed E-state index contributed by atoms with van der Waals surface area (Å²) < 4.78 is 15.7. The molecule has 5 rings (SSSR count). The number of aromatic nitrogens is 3. The summed E-state index contributed by atoms with van der Waals surface area (Å²) >= 11 is 1.69. The molecule has 3 aromatic rings. The van der Waals surface area contributed by atoms with Crippen molar-refractivity contribution in [1.82, 2.24) is 14.5 Å². The molecule has 164 valence electrons. The molecule has 0 radical (unpaired) electrons. The number of pyridine rings is 1. The van der Waals surface area contributed by atoms with E-state index in [-0.39, 0.29) is 21.9 Å². The van der Waals surface area contributed by atoms with E-state index in [1.54, 1.807) is 18.8 Å². The van der Waals surface area contributed by atoms with Crippen molar-refractivity contribution >= 4 is 29.3 Å². The van der Waals surface area contributed by atoms with Crippen molar-refractivity contribution < 1.29 is 9.18 Å². The second kappa shape index (κ2) is 8.05. The van der Waals surface area contributed by atoms with Gasteiger partial charge in [-0.15, -0.1) is 11.8 Å². The quantitative estimate of drug-likeness (QED) is 0.610. The molecule has 2 fully saturated rings. The third-order valence-corrected chi connectivity index (χ3v) is 7.64. The van der Waals surface area contributed by atoms with E-state index < -0.39 is 5.82 Å². The summed E-state index contributed by atoms with van der Waals surface area (Å²) in [5.41, 5.74) is 1.20. The number of hydrogen-bond donors (Lipinski definition) is 0. The molecule has 0 unspecified atom stereocenters. The van der Waals surface area contributed by atoms with Crippen LogP contribution in [-0.4, -0.2) is 44.2 Å². The zero-order valence-corrected chi connectivity index (χ0v) is 18.4. The second-order valence-corrected chi connectivity index (χ2v) is 9.32. The third-order valence-electron chi connectivity index (χ3n) is 6.12. The van der Waals surface area contributed by atoms with Gasteiger partial charge < -0.3 is 4.90 Å². The molecule has 0 N–H and O–H groups in total. The maximum Gasteiger partial charge on any atom is 0.255 e. The van der Waals surface area contributed by atoms with Crippen molar-refractivity contribution in [2.24, 2.45) is 7.05 Å². The molecule has 0 bridgehead atoms. The molecule has 0 aliphatic carbocycles. The molecule has 2 aromatic heterocycles. The van der Waals surface area contributed by atoms with Crippen molar-refractivity contribution in [2.75, 3.05) is 28.6 Å². The zero-order chi connectivity index (χ0) is 22.3. The lowest BCUT2D eigenvalue weighted by atomic mass is 10.0. The van der Waals surface area contributed by atoms with E-state index >= 15 is 0 Å². The lowest BCUT2D eigenvalue weighted by Gasteiger charge is -2.44. The van der Waals surface area contributed by atoms with E-state index in [9.17, 15) is 14.0 Å². The van der Waals surface area contributed by atoms with Crippen molar-refractivity contribution in [1.29, 1.82) is 0 Å². The Bertz CT molecular complexity index is 1220. The molecule has 2 aliphatic rings. The highest BCUT2D eigenvalue weighted by molar-refractivity contribution is 8.02. The van der Waals surface area contributed by atoms with Crippen LogP contribution in [0.3, 0.4) is 0 Å². The number of hydrogen-bond acceptors (Lipinski definition) is 6. The summed E-state index contributed by atoms with van der Waals surface area (Å²) in [7, 11) is 1.67. The summed E-state index contributed by atoms with van der Waals surface area (Å²) in [5, 5.41) is 0. The monoisotopic (exact) mass is 451 g/mol. The molecule has 0 saturated carbocycles. The van der Waals surface area contributed by atoms with Gasteiger partial charge >= 0.3 is 0 Å². The molecular formula is C23H22FN5O2S. The van der Waals surface area contributed by atoms with Gasteiger partial charge in [-0.1, -0.05) is 18.2 Å². The van der Waals surface area contributed by atoms with Gasteiger partial charge in [-0.3, -0.25) is 24.0 Å². The van der Waals surface area contributed by atoms with Crippen LogP contribution in [0.25, 0.3) is 11.3 Å². The Morgan fingerprint density at radius 2 is 1.84 bits per heavy atom. The van der Waals surface area contributed by atoms with Gasteiger partial charge in [0.15, 0.2) is 5.82 Å². The standard InChI is InChI=1S/C23H22FN5O2S/c1-27-20(30)13-19(17-7-10-25-14-18(17)24)26-22(27)28-11-8-23(9-12-28)29(21(31)15-32-23)16-5-3-2-4-6-16/h2-7,10,13-14H,8-9,11-12,15H2,1H3. The van der Waals surface area contributed by atoms with Crippen LogP contribution >= 0.6 is 11.8 Å². The number of benzene rings is 1. The predicted octanol–water partition coefficient (Wildman–Crippen LogP) is 3.06. The molecule has 2 saturated heterocycles. The minimum atomic E-state index is -0.517. The molecule has 9 heteroatoms. The Balaban J connectivity index is 1.44. The SMILES string of the molecule is Cn1c(N2CCC3(CC2)SCC(=O)N3c2ccccc2)nc(-c2ccncc2F)cc1=O. The lowest BCUT2D eigenvalue weighted by Crippen LogP contribution is -2.53. The van der Waals surface area contributed by atoms with Crippen LogP contribution in [-0.2, 0) is 11.8 Å². The van der Waals surface area contributed by atoms with Crippen LogP contribution in [0.15, 0.2) is 59.7 Å². The largest absolute Gasteiger partial charge is 0.342 e. The van der Waals surface area contributed by atoms with Gasteiger partial charge in [0.05, 0.1) is 22.5 Å². The first kappa shape index (κ1) is 20.7. The number of carbonyl (C=O) groups excluding carboxylic acids is 1. The lowest BCUT2D eigenvalue weighted by molar-refractivity contribution is -0.116. The first-order valence-electron chi connectivity index (χ1n) is 10.4. The van der Waals surface area contributed by atoms with Gasteiger partial charge in [0.1, 0.15) is 0 Å². The summed E-state index contributed by atoms with van der Waals surface area (Å²) in [4.78, 5) is 37.4. The van der Waals surface area contributed by atoms with E-state index in [1.807, 2.05) is 40.1 Å². The number of rotatable bonds is 3. The second-order valence-electron chi connectivity index (χ2n) is 7.98. The number of amides is 1.